The van der Waals surface area contributed by atoms with Crippen LogP contribution in [0.5, 0.6) is 0 Å². The first-order valence-corrected chi connectivity index (χ1v) is 20.7. The van der Waals surface area contributed by atoms with Gasteiger partial charge in [-0.05, 0) is 0 Å². The number of hydrogen-bond donors (Lipinski definition) is 0. The van der Waals surface area contributed by atoms with Crippen LogP contribution in [0.4, 0.5) is 0 Å². The van der Waals surface area contributed by atoms with Gasteiger partial charge in [-0.2, -0.15) is 0 Å². The molecule has 1 heterocycles. The molecule has 0 spiro atoms. The van der Waals surface area contributed by atoms with Gasteiger partial charge < -0.3 is 0 Å². The second-order valence-electron chi connectivity index (χ2n) is 10.7. The van der Waals surface area contributed by atoms with Crippen molar-refractivity contribution in [3.63, 3.8) is 0 Å². The third-order valence-electron chi connectivity index (χ3n) is 7.61. The van der Waals surface area contributed by atoms with Crippen LogP contribution in [-0.4, -0.2) is 36.7 Å². The number of unbranched alkanes of at least 4 members (excludes halogenated alkanes) is 3. The monoisotopic (exact) mass is 528 g/mol. The van der Waals surface area contributed by atoms with Gasteiger partial charge in [0.2, 0.25) is 0 Å². The Bertz CT molecular complexity index is 489. The molecule has 0 unspecified atom stereocenters. The molecule has 0 aromatic rings. The Morgan fingerprint density at radius 3 is 1.37 bits per heavy atom. The maximum absolute atomic E-state index is 6.67. The zero-order valence-electron chi connectivity index (χ0n) is 22.1. The van der Waals surface area contributed by atoms with E-state index in [-0.39, 0.29) is 18.3 Å². The van der Waals surface area contributed by atoms with Gasteiger partial charge in [-0.25, -0.2) is 0 Å². The zero-order valence-corrected chi connectivity index (χ0v) is 24.9. The van der Waals surface area contributed by atoms with Crippen LogP contribution < -0.4 is 0 Å². The first-order chi connectivity index (χ1) is 14.1. The molecule has 0 radical (unpaired) electrons. The molecule has 0 N–H and O–H groups in total. The quantitative estimate of drug-likeness (QED) is 0.198. The van der Waals surface area contributed by atoms with Crippen LogP contribution in [0.1, 0.15) is 127 Å². The molecule has 4 heteroatoms. The van der Waals surface area contributed by atoms with Crippen molar-refractivity contribution in [3.8, 4) is 0 Å². The molecule has 1 aliphatic heterocycles. The van der Waals surface area contributed by atoms with Gasteiger partial charge >= 0.3 is 195 Å². The van der Waals surface area contributed by atoms with Crippen LogP contribution in [0.2, 0.25) is 13.3 Å². The average Bonchev–Trinajstić information content (AvgIpc) is 2.91. The summed E-state index contributed by atoms with van der Waals surface area (Å²) in [4.78, 5) is 0. The Labute approximate surface area is 194 Å². The van der Waals surface area contributed by atoms with Crippen molar-refractivity contribution in [3.05, 3.63) is 9.06 Å². The molecule has 0 atom stereocenters. The molecular formula is C26H53BO2Sn. The fourth-order valence-corrected chi connectivity index (χ4v) is 23.5. The minimum absolute atomic E-state index is 0.127. The van der Waals surface area contributed by atoms with Crippen molar-refractivity contribution in [2.75, 3.05) is 0 Å². The van der Waals surface area contributed by atoms with E-state index in [0.717, 1.165) is 6.42 Å². The van der Waals surface area contributed by atoms with E-state index in [1.807, 2.05) is 3.59 Å². The summed E-state index contributed by atoms with van der Waals surface area (Å²) in [7, 11) is -0.127. The standard InChI is InChI=1S/C14H26BO2.3C4H9.Sn/c1-7-9-11-12(10-8-2)15-16-13(3,4)14(5,6)17-15;3*1-3-4-2;/h7-10H2,1-6H3;3*1,3-4H2,2H3;. The molecule has 30 heavy (non-hydrogen) atoms. The molecule has 0 amide bonds. The van der Waals surface area contributed by atoms with Crippen molar-refractivity contribution in [2.24, 2.45) is 0 Å². The normalized spacial score (nSPS) is 19.3. The summed E-state index contributed by atoms with van der Waals surface area (Å²) in [5, 5.41) is 0. The molecule has 1 rings (SSSR count). The summed E-state index contributed by atoms with van der Waals surface area (Å²) in [6.07, 6.45) is 13.1. The minimum atomic E-state index is -2.51. The molecule has 1 saturated heterocycles. The Morgan fingerprint density at radius 1 is 0.633 bits per heavy atom. The number of hydrogen-bond acceptors (Lipinski definition) is 2. The van der Waals surface area contributed by atoms with E-state index in [4.69, 9.17) is 9.31 Å². The molecule has 0 aromatic carbocycles. The fourth-order valence-electron chi connectivity index (χ4n) is 5.06. The second-order valence-corrected chi connectivity index (χ2v) is 24.0. The van der Waals surface area contributed by atoms with Crippen LogP contribution in [0.15, 0.2) is 9.06 Å². The van der Waals surface area contributed by atoms with Gasteiger partial charge in [0, 0.05) is 0 Å². The molecule has 0 saturated carbocycles. The van der Waals surface area contributed by atoms with Crippen molar-refractivity contribution < 1.29 is 9.31 Å². The molecular weight excluding hydrogens is 474 g/mol. The SMILES string of the molecule is CCC[CH2][Sn]([CH2]CCC)([CH2]CCC)/[C](CCC)=C(\CCC)B1OC(C)(C)C(C)(C)O1. The molecule has 0 aliphatic carbocycles. The number of rotatable bonds is 15. The summed E-state index contributed by atoms with van der Waals surface area (Å²) in [5.74, 6) is 0. The van der Waals surface area contributed by atoms with E-state index in [2.05, 4.69) is 62.3 Å². The molecule has 1 fully saturated rings. The van der Waals surface area contributed by atoms with Crippen molar-refractivity contribution >= 4 is 25.5 Å². The van der Waals surface area contributed by atoms with E-state index >= 15 is 0 Å². The topological polar surface area (TPSA) is 18.5 Å². The summed E-state index contributed by atoms with van der Waals surface area (Å²) in [6.45, 7) is 20.7. The van der Waals surface area contributed by atoms with Crippen molar-refractivity contribution in [1.29, 1.82) is 0 Å². The van der Waals surface area contributed by atoms with Gasteiger partial charge in [0.25, 0.3) is 0 Å². The summed E-state index contributed by atoms with van der Waals surface area (Å²) in [5.41, 5.74) is 1.09. The van der Waals surface area contributed by atoms with Gasteiger partial charge in [0.05, 0.1) is 0 Å². The Balaban J connectivity index is 3.57. The van der Waals surface area contributed by atoms with E-state index in [0.29, 0.717) is 0 Å². The van der Waals surface area contributed by atoms with Gasteiger partial charge in [0.1, 0.15) is 0 Å². The van der Waals surface area contributed by atoms with Crippen molar-refractivity contribution in [1.82, 2.24) is 0 Å². The van der Waals surface area contributed by atoms with E-state index in [1.165, 1.54) is 71.1 Å². The molecule has 1 aliphatic rings. The van der Waals surface area contributed by atoms with Gasteiger partial charge in [-0.3, -0.25) is 0 Å². The predicted octanol–water partition coefficient (Wildman–Crippen LogP) is 8.90. The average molecular weight is 527 g/mol. The maximum atomic E-state index is 6.67. The van der Waals surface area contributed by atoms with Crippen LogP contribution in [0, 0.1) is 0 Å². The van der Waals surface area contributed by atoms with Gasteiger partial charge in [-0.1, -0.05) is 0 Å². The molecule has 0 aromatic heterocycles. The summed E-state index contributed by atoms with van der Waals surface area (Å²) in [6, 6.07) is 0. The van der Waals surface area contributed by atoms with E-state index < -0.39 is 18.4 Å². The van der Waals surface area contributed by atoms with Crippen LogP contribution in [0.3, 0.4) is 0 Å². The Morgan fingerprint density at radius 2 is 1.03 bits per heavy atom. The fraction of sp³-hybridized carbons (Fsp3) is 0.923. The summed E-state index contributed by atoms with van der Waals surface area (Å²) >= 11 is -2.51. The van der Waals surface area contributed by atoms with Crippen LogP contribution in [-0.2, 0) is 9.31 Å². The van der Waals surface area contributed by atoms with E-state index in [9.17, 15) is 0 Å². The van der Waals surface area contributed by atoms with Crippen LogP contribution in [0.25, 0.3) is 0 Å². The first kappa shape index (κ1) is 28.6. The van der Waals surface area contributed by atoms with Gasteiger partial charge in [0.15, 0.2) is 0 Å². The molecule has 0 bridgehead atoms. The Hall–Kier alpha value is 0.524. The summed E-state index contributed by atoms with van der Waals surface area (Å²) < 4.78 is 19.9. The second kappa shape index (κ2) is 13.3. The predicted molar refractivity (Wildman–Crippen MR) is 138 cm³/mol. The van der Waals surface area contributed by atoms with Gasteiger partial charge in [-0.15, -0.1) is 0 Å². The van der Waals surface area contributed by atoms with Crippen LogP contribution >= 0.6 is 0 Å². The Kier molecular flexibility index (Phi) is 12.6. The first-order valence-electron chi connectivity index (χ1n) is 13.2. The number of allylic oxidation sites excluding steroid dienone is 2. The zero-order chi connectivity index (χ0) is 22.8. The van der Waals surface area contributed by atoms with E-state index in [1.54, 1.807) is 5.47 Å². The van der Waals surface area contributed by atoms with Crippen molar-refractivity contribution in [2.45, 2.75) is 151 Å². The molecule has 176 valence electrons. The molecule has 2 nitrogen and oxygen atoms in total. The third-order valence-corrected chi connectivity index (χ3v) is 24.1. The third kappa shape index (κ3) is 7.27.